The molecule has 0 fully saturated rings. The predicted molar refractivity (Wildman–Crippen MR) is 77.5 cm³/mol. The largest absolute Gasteiger partial charge is 0.456 e. The maximum Gasteiger partial charge on any atom is 0.333 e. The van der Waals surface area contributed by atoms with Crippen molar-refractivity contribution in [2.75, 3.05) is 0 Å². The molecule has 0 spiro atoms. The van der Waals surface area contributed by atoms with E-state index in [1.165, 1.54) is 19.3 Å². The van der Waals surface area contributed by atoms with Gasteiger partial charge in [-0.15, -0.1) is 0 Å². The fraction of sp³-hybridized carbons (Fsp3) is 0.812. The molecule has 0 saturated heterocycles. The van der Waals surface area contributed by atoms with Gasteiger partial charge in [0.15, 0.2) is 0 Å². The smallest absolute Gasteiger partial charge is 0.333 e. The summed E-state index contributed by atoms with van der Waals surface area (Å²) in [6.45, 7) is 13.9. The lowest BCUT2D eigenvalue weighted by Gasteiger charge is -2.28. The number of hydrogen-bond donors (Lipinski definition) is 0. The maximum atomic E-state index is 11.6. The van der Waals surface area contributed by atoms with Crippen LogP contribution in [0.1, 0.15) is 73.1 Å². The molecule has 0 bridgehead atoms. The summed E-state index contributed by atoms with van der Waals surface area (Å²) in [5, 5.41) is 0. The van der Waals surface area contributed by atoms with Crippen molar-refractivity contribution in [3.05, 3.63) is 12.2 Å². The summed E-state index contributed by atoms with van der Waals surface area (Å²) in [4.78, 5) is 11.6. The van der Waals surface area contributed by atoms with Crippen molar-refractivity contribution in [2.24, 2.45) is 5.92 Å². The zero-order chi connectivity index (χ0) is 14.2. The Bertz CT molecular complexity index is 268. The van der Waals surface area contributed by atoms with Gasteiger partial charge in [-0.1, -0.05) is 46.6 Å². The van der Waals surface area contributed by atoms with Gasteiger partial charge in [0.1, 0.15) is 5.60 Å². The fourth-order valence-electron chi connectivity index (χ4n) is 1.84. The molecule has 1 atom stereocenters. The molecule has 0 aliphatic rings. The number of ether oxygens (including phenoxy) is 1. The zero-order valence-corrected chi connectivity index (χ0v) is 12.8. The Labute approximate surface area is 113 Å². The van der Waals surface area contributed by atoms with Crippen molar-refractivity contribution in [3.63, 3.8) is 0 Å². The summed E-state index contributed by atoms with van der Waals surface area (Å²) in [5.74, 6) is 0.519. The monoisotopic (exact) mass is 254 g/mol. The molecule has 0 amide bonds. The molecule has 0 aromatic carbocycles. The van der Waals surface area contributed by atoms with Crippen molar-refractivity contribution < 1.29 is 9.53 Å². The van der Waals surface area contributed by atoms with E-state index in [2.05, 4.69) is 27.4 Å². The summed E-state index contributed by atoms with van der Waals surface area (Å²) in [7, 11) is 0. The van der Waals surface area contributed by atoms with Gasteiger partial charge in [-0.25, -0.2) is 4.79 Å². The van der Waals surface area contributed by atoms with Gasteiger partial charge >= 0.3 is 5.97 Å². The van der Waals surface area contributed by atoms with Crippen molar-refractivity contribution in [2.45, 2.75) is 78.7 Å². The van der Waals surface area contributed by atoms with Gasteiger partial charge in [0.05, 0.1) is 0 Å². The molecule has 0 aromatic rings. The molecule has 2 nitrogen and oxygen atoms in total. The van der Waals surface area contributed by atoms with E-state index >= 15 is 0 Å². The minimum absolute atomic E-state index is 0.262. The summed E-state index contributed by atoms with van der Waals surface area (Å²) in [6.07, 6.45) is 6.70. The number of unbranched alkanes of at least 4 members (excludes halogenated alkanes) is 2. The Hall–Kier alpha value is -0.790. The zero-order valence-electron chi connectivity index (χ0n) is 12.8. The summed E-state index contributed by atoms with van der Waals surface area (Å²) >= 11 is 0. The van der Waals surface area contributed by atoms with E-state index in [9.17, 15) is 4.79 Å². The molecule has 1 unspecified atom stereocenters. The van der Waals surface area contributed by atoms with Crippen LogP contribution in [-0.2, 0) is 9.53 Å². The van der Waals surface area contributed by atoms with E-state index < -0.39 is 0 Å². The fourth-order valence-corrected chi connectivity index (χ4v) is 1.84. The Morgan fingerprint density at radius 2 is 1.89 bits per heavy atom. The van der Waals surface area contributed by atoms with Crippen LogP contribution in [0.15, 0.2) is 12.2 Å². The van der Waals surface area contributed by atoms with Crippen LogP contribution in [0.4, 0.5) is 0 Å². The van der Waals surface area contributed by atoms with Gasteiger partial charge in [0.25, 0.3) is 0 Å². The molecule has 0 radical (unpaired) electrons. The third kappa shape index (κ3) is 7.52. The first kappa shape index (κ1) is 17.2. The summed E-state index contributed by atoms with van der Waals surface area (Å²) < 4.78 is 5.54. The first-order valence-electron chi connectivity index (χ1n) is 7.19. The molecule has 18 heavy (non-hydrogen) atoms. The second-order valence-corrected chi connectivity index (χ2v) is 5.97. The minimum atomic E-state index is -0.326. The number of carbonyl (C=O) groups excluding carboxylic acids is 1. The Morgan fingerprint density at radius 1 is 1.28 bits per heavy atom. The number of carbonyl (C=O) groups is 1. The van der Waals surface area contributed by atoms with Gasteiger partial charge in [-0.2, -0.15) is 0 Å². The topological polar surface area (TPSA) is 26.3 Å². The first-order chi connectivity index (χ1) is 8.30. The van der Waals surface area contributed by atoms with Gasteiger partial charge in [0.2, 0.25) is 0 Å². The second-order valence-electron chi connectivity index (χ2n) is 5.97. The summed E-state index contributed by atoms with van der Waals surface area (Å²) in [5.41, 5.74) is 0.155. The highest BCUT2D eigenvalue weighted by atomic mass is 16.6. The van der Waals surface area contributed by atoms with Crippen LogP contribution in [0.5, 0.6) is 0 Å². The van der Waals surface area contributed by atoms with E-state index in [-0.39, 0.29) is 11.6 Å². The summed E-state index contributed by atoms with van der Waals surface area (Å²) in [6, 6.07) is 0. The Morgan fingerprint density at radius 3 is 2.33 bits per heavy atom. The number of esters is 1. The lowest BCUT2D eigenvalue weighted by molar-refractivity contribution is -0.154. The third-order valence-electron chi connectivity index (χ3n) is 3.42. The van der Waals surface area contributed by atoms with Crippen molar-refractivity contribution >= 4 is 5.97 Å². The Balaban J connectivity index is 4.00. The molecule has 0 aliphatic heterocycles. The Kier molecular flexibility index (Phi) is 7.97. The molecule has 0 N–H and O–H groups in total. The van der Waals surface area contributed by atoms with E-state index in [4.69, 9.17) is 4.74 Å². The molecule has 2 heteroatoms. The molecule has 0 aromatic heterocycles. The highest BCUT2D eigenvalue weighted by Crippen LogP contribution is 2.24. The van der Waals surface area contributed by atoms with E-state index in [1.807, 2.05) is 6.92 Å². The number of rotatable bonds is 9. The average molecular weight is 254 g/mol. The lowest BCUT2D eigenvalue weighted by atomic mass is 9.94. The lowest BCUT2D eigenvalue weighted by Crippen LogP contribution is -2.31. The average Bonchev–Trinajstić information content (AvgIpc) is 2.28. The molecule has 106 valence electrons. The molecular weight excluding hydrogens is 224 g/mol. The van der Waals surface area contributed by atoms with Crippen LogP contribution < -0.4 is 0 Å². The van der Waals surface area contributed by atoms with E-state index in [0.29, 0.717) is 5.57 Å². The highest BCUT2D eigenvalue weighted by Gasteiger charge is 2.26. The van der Waals surface area contributed by atoms with Crippen LogP contribution in [0.25, 0.3) is 0 Å². The van der Waals surface area contributed by atoms with Crippen LogP contribution >= 0.6 is 0 Å². The molecule has 0 rings (SSSR count). The van der Waals surface area contributed by atoms with Gasteiger partial charge in [-0.05, 0) is 39.0 Å². The molecule has 0 heterocycles. The van der Waals surface area contributed by atoms with Crippen molar-refractivity contribution in [1.29, 1.82) is 0 Å². The standard InChI is InChI=1S/C16H30O2/c1-7-16(6,18-15(17)14(4)5)12-10-8-9-11-13(2)3/h13H,4,7-12H2,1-3,5-6H3. The molecule has 0 aliphatic carbocycles. The second kappa shape index (κ2) is 8.34. The maximum absolute atomic E-state index is 11.6. The van der Waals surface area contributed by atoms with E-state index in [0.717, 1.165) is 25.2 Å². The predicted octanol–water partition coefficient (Wildman–Crippen LogP) is 4.88. The molecule has 0 saturated carbocycles. The van der Waals surface area contributed by atoms with Crippen LogP contribution in [-0.4, -0.2) is 11.6 Å². The molecular formula is C16H30O2. The van der Waals surface area contributed by atoms with E-state index in [1.54, 1.807) is 6.92 Å². The van der Waals surface area contributed by atoms with Gasteiger partial charge in [0, 0.05) is 5.57 Å². The highest BCUT2D eigenvalue weighted by molar-refractivity contribution is 5.87. The normalized spacial score (nSPS) is 14.3. The third-order valence-corrected chi connectivity index (χ3v) is 3.42. The van der Waals surface area contributed by atoms with Crippen molar-refractivity contribution in [1.82, 2.24) is 0 Å². The van der Waals surface area contributed by atoms with Crippen molar-refractivity contribution in [3.8, 4) is 0 Å². The number of hydrogen-bond acceptors (Lipinski definition) is 2. The quantitative estimate of drug-likeness (QED) is 0.333. The van der Waals surface area contributed by atoms with Crippen LogP contribution in [0.3, 0.4) is 0 Å². The van der Waals surface area contributed by atoms with Crippen LogP contribution in [0.2, 0.25) is 0 Å². The van der Waals surface area contributed by atoms with Gasteiger partial charge < -0.3 is 4.74 Å². The first-order valence-corrected chi connectivity index (χ1v) is 7.19. The van der Waals surface area contributed by atoms with Gasteiger partial charge in [-0.3, -0.25) is 0 Å². The minimum Gasteiger partial charge on any atom is -0.456 e. The SMILES string of the molecule is C=C(C)C(=O)OC(C)(CC)CCCCCC(C)C. The van der Waals surface area contributed by atoms with Crippen LogP contribution in [0, 0.1) is 5.92 Å².